The van der Waals surface area contributed by atoms with E-state index in [4.69, 9.17) is 10.5 Å². The van der Waals surface area contributed by atoms with Gasteiger partial charge in [0.25, 0.3) is 0 Å². The van der Waals surface area contributed by atoms with Gasteiger partial charge in [0, 0.05) is 12.0 Å². The lowest BCUT2D eigenvalue weighted by molar-refractivity contribution is -0.122. The highest BCUT2D eigenvalue weighted by molar-refractivity contribution is 5.85. The predicted molar refractivity (Wildman–Crippen MR) is 93.7 cm³/mol. The molecule has 1 aromatic rings. The number of amides is 1. The fourth-order valence-electron chi connectivity index (χ4n) is 2.20. The number of nitrogens with one attached hydrogen (secondary N) is 1. The summed E-state index contributed by atoms with van der Waals surface area (Å²) in [6, 6.07) is 7.49. The SMILES string of the molecule is COc1ccc(C(C)(C)CNC(=O)[C@@H](N)CC(C)C)cc1.Cl. The minimum absolute atomic E-state index is 0. The summed E-state index contributed by atoms with van der Waals surface area (Å²) < 4.78 is 5.16. The van der Waals surface area contributed by atoms with Crippen LogP contribution in [0.25, 0.3) is 0 Å². The van der Waals surface area contributed by atoms with Crippen LogP contribution in [0, 0.1) is 5.92 Å². The number of ether oxygens (including phenoxy) is 1. The third-order valence-electron chi connectivity index (χ3n) is 3.64. The molecule has 0 aromatic heterocycles. The molecule has 0 heterocycles. The first-order valence-corrected chi connectivity index (χ1v) is 7.44. The first-order valence-electron chi connectivity index (χ1n) is 7.44. The van der Waals surface area contributed by atoms with E-state index in [1.807, 2.05) is 24.3 Å². The van der Waals surface area contributed by atoms with E-state index in [1.54, 1.807) is 7.11 Å². The minimum atomic E-state index is -0.434. The van der Waals surface area contributed by atoms with Gasteiger partial charge in [-0.1, -0.05) is 39.8 Å². The Bertz CT molecular complexity index is 458. The maximum atomic E-state index is 12.0. The first-order chi connectivity index (χ1) is 9.76. The van der Waals surface area contributed by atoms with E-state index in [1.165, 1.54) is 0 Å². The number of nitrogens with two attached hydrogens (primary N) is 1. The molecule has 4 nitrogen and oxygen atoms in total. The summed E-state index contributed by atoms with van der Waals surface area (Å²) in [5.74, 6) is 1.17. The standard InChI is InChI=1S/C17H28N2O2.ClH/c1-12(2)10-15(18)16(20)19-11-17(3,4)13-6-8-14(21-5)9-7-13;/h6-9,12,15H,10-11,18H2,1-5H3,(H,19,20);1H/t15-;/m0./s1. The fourth-order valence-corrected chi connectivity index (χ4v) is 2.20. The molecule has 0 aliphatic carbocycles. The maximum absolute atomic E-state index is 12.0. The van der Waals surface area contributed by atoms with Crippen molar-refractivity contribution >= 4 is 18.3 Å². The third kappa shape index (κ3) is 6.24. The molecular formula is C17H29ClN2O2. The van der Waals surface area contributed by atoms with E-state index in [-0.39, 0.29) is 23.7 Å². The Morgan fingerprint density at radius 1 is 1.27 bits per heavy atom. The Kier molecular flexibility index (Phi) is 8.49. The number of hydrogen-bond acceptors (Lipinski definition) is 3. The quantitative estimate of drug-likeness (QED) is 0.809. The number of halogens is 1. The van der Waals surface area contributed by atoms with Crippen molar-refractivity contribution in [1.82, 2.24) is 5.32 Å². The summed E-state index contributed by atoms with van der Waals surface area (Å²) in [5.41, 5.74) is 6.90. The Balaban J connectivity index is 0.00000441. The molecule has 1 rings (SSSR count). The average Bonchev–Trinajstić information content (AvgIpc) is 2.44. The second kappa shape index (κ2) is 9.01. The fraction of sp³-hybridized carbons (Fsp3) is 0.588. The van der Waals surface area contributed by atoms with Crippen molar-refractivity contribution in [3.63, 3.8) is 0 Å². The number of rotatable bonds is 7. The zero-order chi connectivity index (χ0) is 16.0. The molecule has 0 spiro atoms. The second-order valence-corrected chi connectivity index (χ2v) is 6.57. The summed E-state index contributed by atoms with van der Waals surface area (Å²) in [5, 5.41) is 2.96. The number of hydrogen-bond donors (Lipinski definition) is 2. The normalized spacial score (nSPS) is 12.5. The summed E-state index contributed by atoms with van der Waals surface area (Å²) in [6.07, 6.45) is 0.703. The lowest BCUT2D eigenvalue weighted by atomic mass is 9.84. The molecule has 0 fully saturated rings. The van der Waals surface area contributed by atoms with Gasteiger partial charge in [-0.25, -0.2) is 0 Å². The molecule has 3 N–H and O–H groups in total. The molecule has 1 amide bonds. The molecule has 5 heteroatoms. The topological polar surface area (TPSA) is 64.3 Å². The van der Waals surface area contributed by atoms with Gasteiger partial charge in [0.2, 0.25) is 5.91 Å². The molecule has 0 saturated carbocycles. The van der Waals surface area contributed by atoms with E-state index in [2.05, 4.69) is 33.0 Å². The van der Waals surface area contributed by atoms with Crippen LogP contribution < -0.4 is 15.8 Å². The zero-order valence-electron chi connectivity index (χ0n) is 14.2. The molecule has 126 valence electrons. The van der Waals surface area contributed by atoms with Gasteiger partial charge in [0.1, 0.15) is 5.75 Å². The van der Waals surface area contributed by atoms with E-state index >= 15 is 0 Å². The van der Waals surface area contributed by atoms with Gasteiger partial charge in [-0.2, -0.15) is 0 Å². The highest BCUT2D eigenvalue weighted by Gasteiger charge is 2.23. The minimum Gasteiger partial charge on any atom is -0.497 e. The van der Waals surface area contributed by atoms with Gasteiger partial charge < -0.3 is 15.8 Å². The Morgan fingerprint density at radius 2 is 1.82 bits per heavy atom. The molecule has 0 aliphatic rings. The molecule has 1 aromatic carbocycles. The van der Waals surface area contributed by atoms with Gasteiger partial charge in [-0.15, -0.1) is 12.4 Å². The van der Waals surface area contributed by atoms with Gasteiger partial charge in [0.15, 0.2) is 0 Å². The number of methoxy groups -OCH3 is 1. The third-order valence-corrected chi connectivity index (χ3v) is 3.64. The molecule has 0 saturated heterocycles. The Hall–Kier alpha value is -1.26. The van der Waals surface area contributed by atoms with Crippen LogP contribution in [0.3, 0.4) is 0 Å². The van der Waals surface area contributed by atoms with Gasteiger partial charge in [0.05, 0.1) is 13.2 Å². The monoisotopic (exact) mass is 328 g/mol. The lowest BCUT2D eigenvalue weighted by Gasteiger charge is -2.27. The lowest BCUT2D eigenvalue weighted by Crippen LogP contribution is -2.45. The van der Waals surface area contributed by atoms with Gasteiger partial charge in [-0.05, 0) is 30.0 Å². The first kappa shape index (κ1) is 20.7. The highest BCUT2D eigenvalue weighted by Crippen LogP contribution is 2.24. The summed E-state index contributed by atoms with van der Waals surface area (Å²) in [7, 11) is 1.65. The zero-order valence-corrected chi connectivity index (χ0v) is 15.0. The van der Waals surface area contributed by atoms with Crippen LogP contribution in [-0.2, 0) is 10.2 Å². The summed E-state index contributed by atoms with van der Waals surface area (Å²) in [6.45, 7) is 8.89. The van der Waals surface area contributed by atoms with Crippen LogP contribution in [0.4, 0.5) is 0 Å². The largest absolute Gasteiger partial charge is 0.497 e. The van der Waals surface area contributed by atoms with Gasteiger partial charge in [-0.3, -0.25) is 4.79 Å². The maximum Gasteiger partial charge on any atom is 0.236 e. The van der Waals surface area contributed by atoms with Crippen molar-refractivity contribution in [3.8, 4) is 5.75 Å². The van der Waals surface area contributed by atoms with Crippen molar-refractivity contribution < 1.29 is 9.53 Å². The van der Waals surface area contributed by atoms with Crippen LogP contribution >= 0.6 is 12.4 Å². The predicted octanol–water partition coefficient (Wildman–Crippen LogP) is 2.88. The second-order valence-electron chi connectivity index (χ2n) is 6.57. The smallest absolute Gasteiger partial charge is 0.236 e. The Labute approximate surface area is 140 Å². The van der Waals surface area contributed by atoms with Crippen LogP contribution in [-0.4, -0.2) is 25.6 Å². The summed E-state index contributed by atoms with van der Waals surface area (Å²) in [4.78, 5) is 12.0. The van der Waals surface area contributed by atoms with Crippen molar-refractivity contribution in [2.45, 2.75) is 45.6 Å². The van der Waals surface area contributed by atoms with E-state index in [0.29, 0.717) is 18.9 Å². The summed E-state index contributed by atoms with van der Waals surface area (Å²) >= 11 is 0. The molecule has 0 aliphatic heterocycles. The molecular weight excluding hydrogens is 300 g/mol. The van der Waals surface area contributed by atoms with Crippen molar-refractivity contribution in [2.24, 2.45) is 11.7 Å². The van der Waals surface area contributed by atoms with Crippen LogP contribution in [0.15, 0.2) is 24.3 Å². The highest BCUT2D eigenvalue weighted by atomic mass is 35.5. The molecule has 0 unspecified atom stereocenters. The van der Waals surface area contributed by atoms with Crippen LogP contribution in [0.2, 0.25) is 0 Å². The van der Waals surface area contributed by atoms with Crippen molar-refractivity contribution in [2.75, 3.05) is 13.7 Å². The molecule has 0 radical (unpaired) electrons. The van der Waals surface area contributed by atoms with Gasteiger partial charge >= 0.3 is 0 Å². The molecule has 0 bridgehead atoms. The number of carbonyl (C=O) groups excluding carboxylic acids is 1. The van der Waals surface area contributed by atoms with Crippen LogP contribution in [0.1, 0.15) is 39.7 Å². The van der Waals surface area contributed by atoms with Crippen molar-refractivity contribution in [1.29, 1.82) is 0 Å². The number of carbonyl (C=O) groups is 1. The van der Waals surface area contributed by atoms with Crippen molar-refractivity contribution in [3.05, 3.63) is 29.8 Å². The molecule has 1 atom stereocenters. The van der Waals surface area contributed by atoms with E-state index in [9.17, 15) is 4.79 Å². The number of benzene rings is 1. The Morgan fingerprint density at radius 3 is 2.27 bits per heavy atom. The van der Waals surface area contributed by atoms with Crippen LogP contribution in [0.5, 0.6) is 5.75 Å². The average molecular weight is 329 g/mol. The van der Waals surface area contributed by atoms with E-state index in [0.717, 1.165) is 11.3 Å². The molecule has 22 heavy (non-hydrogen) atoms. The van der Waals surface area contributed by atoms with E-state index < -0.39 is 6.04 Å².